The number of carboxylic acid groups (broad SMARTS) is 1. The molecule has 0 aromatic heterocycles. The van der Waals surface area contributed by atoms with Gasteiger partial charge >= 0.3 is 5.97 Å². The molecule has 0 amide bonds. The number of hydrogen-bond donors (Lipinski definition) is 1. The number of hydrogen-bond acceptors (Lipinski definition) is 4. The van der Waals surface area contributed by atoms with Crippen LogP contribution < -0.4 is 4.74 Å². The third kappa shape index (κ3) is 4.59. The monoisotopic (exact) mass is 359 g/mol. The number of rotatable bonds is 6. The van der Waals surface area contributed by atoms with Gasteiger partial charge < -0.3 is 14.6 Å². The molecule has 0 aliphatic carbocycles. The first-order valence-electron chi connectivity index (χ1n) is 8.54. The third-order valence-electron chi connectivity index (χ3n) is 4.50. The second kappa shape index (κ2) is 8.29. The molecule has 0 bridgehead atoms. The number of morpholine rings is 1. The molecule has 1 saturated heterocycles. The van der Waals surface area contributed by atoms with E-state index in [1.165, 1.54) is 19.2 Å². The first kappa shape index (κ1) is 18.4. The maximum absolute atomic E-state index is 13.0. The Balaban J connectivity index is 1.64. The first-order chi connectivity index (χ1) is 12.5. The molecule has 0 radical (unpaired) electrons. The van der Waals surface area contributed by atoms with Gasteiger partial charge in [0.2, 0.25) is 0 Å². The molecule has 1 aliphatic heterocycles. The Morgan fingerprint density at radius 3 is 2.69 bits per heavy atom. The Labute approximate surface area is 152 Å². The van der Waals surface area contributed by atoms with Crippen molar-refractivity contribution in [1.29, 1.82) is 0 Å². The van der Waals surface area contributed by atoms with Crippen LogP contribution in [0.25, 0.3) is 0 Å². The van der Waals surface area contributed by atoms with Crippen LogP contribution in [0.4, 0.5) is 4.39 Å². The number of halogens is 1. The molecule has 0 saturated carbocycles. The minimum atomic E-state index is -1.00. The van der Waals surface area contributed by atoms with Crippen LogP contribution in [0.3, 0.4) is 0 Å². The van der Waals surface area contributed by atoms with E-state index in [9.17, 15) is 14.3 Å². The van der Waals surface area contributed by atoms with Crippen molar-refractivity contribution >= 4 is 5.97 Å². The lowest BCUT2D eigenvalue weighted by molar-refractivity contribution is -0.0305. The summed E-state index contributed by atoms with van der Waals surface area (Å²) < 4.78 is 24.0. The highest BCUT2D eigenvalue weighted by molar-refractivity contribution is 5.91. The van der Waals surface area contributed by atoms with E-state index in [1.54, 1.807) is 24.3 Å². The molecule has 0 spiro atoms. The van der Waals surface area contributed by atoms with Crippen LogP contribution in [-0.2, 0) is 17.7 Å². The zero-order valence-corrected chi connectivity index (χ0v) is 14.7. The number of aromatic carboxylic acids is 1. The Morgan fingerprint density at radius 1 is 1.27 bits per heavy atom. The van der Waals surface area contributed by atoms with Gasteiger partial charge in [0.1, 0.15) is 17.1 Å². The summed E-state index contributed by atoms with van der Waals surface area (Å²) in [6, 6.07) is 11.7. The molecule has 0 unspecified atom stereocenters. The Kier molecular flexibility index (Phi) is 5.85. The zero-order chi connectivity index (χ0) is 18.5. The van der Waals surface area contributed by atoms with E-state index >= 15 is 0 Å². The van der Waals surface area contributed by atoms with E-state index in [1.807, 2.05) is 6.07 Å². The van der Waals surface area contributed by atoms with Crippen LogP contribution >= 0.6 is 0 Å². The summed E-state index contributed by atoms with van der Waals surface area (Å²) in [6.45, 7) is 2.79. The molecule has 1 fully saturated rings. The molecular formula is C20H22FNO4. The van der Waals surface area contributed by atoms with E-state index in [-0.39, 0.29) is 17.5 Å². The van der Waals surface area contributed by atoms with Crippen molar-refractivity contribution in [3.05, 3.63) is 65.0 Å². The molecule has 1 aliphatic rings. The molecule has 1 heterocycles. The van der Waals surface area contributed by atoms with Crippen molar-refractivity contribution < 1.29 is 23.8 Å². The molecule has 2 aromatic carbocycles. The van der Waals surface area contributed by atoms with Gasteiger partial charge in [-0.3, -0.25) is 4.90 Å². The topological polar surface area (TPSA) is 59.0 Å². The van der Waals surface area contributed by atoms with Gasteiger partial charge in [-0.2, -0.15) is 0 Å². The summed E-state index contributed by atoms with van der Waals surface area (Å²) >= 11 is 0. The number of benzene rings is 2. The Hall–Kier alpha value is -2.44. The van der Waals surface area contributed by atoms with E-state index in [0.29, 0.717) is 18.9 Å². The van der Waals surface area contributed by atoms with Crippen LogP contribution in [0, 0.1) is 5.82 Å². The van der Waals surface area contributed by atoms with Crippen LogP contribution in [0.15, 0.2) is 42.5 Å². The predicted octanol–water partition coefficient (Wildman–Crippen LogP) is 2.98. The fraction of sp³-hybridized carbons (Fsp3) is 0.350. The molecule has 3 rings (SSSR count). The highest BCUT2D eigenvalue weighted by Crippen LogP contribution is 2.22. The number of methoxy groups -OCH3 is 1. The summed E-state index contributed by atoms with van der Waals surface area (Å²) in [5, 5.41) is 9.31. The van der Waals surface area contributed by atoms with Gasteiger partial charge in [-0.25, -0.2) is 9.18 Å². The standard InChI is InChI=1S/C20H22FNO4/c1-25-19-7-4-15(11-18(19)20(23)24)12-22-8-9-26-17(13-22)10-14-2-5-16(21)6-3-14/h2-7,11,17H,8-10,12-13H2,1H3,(H,23,24)/t17-/m1/s1. The highest BCUT2D eigenvalue weighted by Gasteiger charge is 2.21. The Morgan fingerprint density at radius 2 is 2.00 bits per heavy atom. The SMILES string of the molecule is COc1ccc(CN2CCO[C@H](Cc3ccc(F)cc3)C2)cc1C(=O)O. The number of ether oxygens (including phenoxy) is 2. The molecular weight excluding hydrogens is 337 g/mol. The normalized spacial score (nSPS) is 17.8. The second-order valence-electron chi connectivity index (χ2n) is 6.40. The van der Waals surface area contributed by atoms with Crippen molar-refractivity contribution in [1.82, 2.24) is 4.90 Å². The molecule has 138 valence electrons. The van der Waals surface area contributed by atoms with Gasteiger partial charge in [-0.1, -0.05) is 18.2 Å². The lowest BCUT2D eigenvalue weighted by Gasteiger charge is -2.33. The fourth-order valence-electron chi connectivity index (χ4n) is 3.21. The van der Waals surface area contributed by atoms with Gasteiger partial charge in [0, 0.05) is 19.6 Å². The van der Waals surface area contributed by atoms with Crippen LogP contribution in [0.2, 0.25) is 0 Å². The summed E-state index contributed by atoms with van der Waals surface area (Å²) in [5.74, 6) is -0.883. The van der Waals surface area contributed by atoms with Gasteiger partial charge in [0.25, 0.3) is 0 Å². The quantitative estimate of drug-likeness (QED) is 0.859. The average Bonchev–Trinajstić information content (AvgIpc) is 2.64. The summed E-state index contributed by atoms with van der Waals surface area (Å²) in [6.07, 6.45) is 0.756. The second-order valence-corrected chi connectivity index (χ2v) is 6.40. The molecule has 1 atom stereocenters. The molecule has 26 heavy (non-hydrogen) atoms. The molecule has 2 aromatic rings. The number of carboxylic acids is 1. The maximum Gasteiger partial charge on any atom is 0.339 e. The lowest BCUT2D eigenvalue weighted by Crippen LogP contribution is -2.42. The zero-order valence-electron chi connectivity index (χ0n) is 14.7. The van der Waals surface area contributed by atoms with Crippen molar-refractivity contribution in [3.8, 4) is 5.75 Å². The molecule has 5 nitrogen and oxygen atoms in total. The van der Waals surface area contributed by atoms with E-state index in [4.69, 9.17) is 9.47 Å². The Bertz CT molecular complexity index is 763. The van der Waals surface area contributed by atoms with Crippen molar-refractivity contribution in [3.63, 3.8) is 0 Å². The van der Waals surface area contributed by atoms with E-state index in [0.717, 1.165) is 30.6 Å². The largest absolute Gasteiger partial charge is 0.496 e. The van der Waals surface area contributed by atoms with Crippen LogP contribution in [0.1, 0.15) is 21.5 Å². The molecule has 6 heteroatoms. The van der Waals surface area contributed by atoms with E-state index < -0.39 is 5.97 Å². The van der Waals surface area contributed by atoms with Crippen molar-refractivity contribution in [2.75, 3.05) is 26.8 Å². The molecule has 1 N–H and O–H groups in total. The van der Waals surface area contributed by atoms with Gasteiger partial charge in [0.15, 0.2) is 0 Å². The average molecular weight is 359 g/mol. The summed E-state index contributed by atoms with van der Waals surface area (Å²) in [5.41, 5.74) is 2.13. The number of nitrogens with zero attached hydrogens (tertiary/aromatic N) is 1. The maximum atomic E-state index is 13.0. The minimum Gasteiger partial charge on any atom is -0.496 e. The number of carbonyl (C=O) groups is 1. The van der Waals surface area contributed by atoms with Gasteiger partial charge in [-0.05, 0) is 41.8 Å². The van der Waals surface area contributed by atoms with Gasteiger partial charge in [-0.15, -0.1) is 0 Å². The first-order valence-corrected chi connectivity index (χ1v) is 8.54. The predicted molar refractivity (Wildman–Crippen MR) is 95.1 cm³/mol. The van der Waals surface area contributed by atoms with Crippen molar-refractivity contribution in [2.45, 2.75) is 19.1 Å². The van der Waals surface area contributed by atoms with Crippen LogP contribution in [0.5, 0.6) is 5.75 Å². The smallest absolute Gasteiger partial charge is 0.339 e. The lowest BCUT2D eigenvalue weighted by atomic mass is 10.1. The minimum absolute atomic E-state index is 0.0337. The van der Waals surface area contributed by atoms with Crippen LogP contribution in [-0.4, -0.2) is 48.9 Å². The van der Waals surface area contributed by atoms with Crippen molar-refractivity contribution in [2.24, 2.45) is 0 Å². The fourth-order valence-corrected chi connectivity index (χ4v) is 3.21. The van der Waals surface area contributed by atoms with E-state index in [2.05, 4.69) is 4.90 Å². The third-order valence-corrected chi connectivity index (χ3v) is 4.50. The van der Waals surface area contributed by atoms with Gasteiger partial charge in [0.05, 0.1) is 19.8 Å². The highest BCUT2D eigenvalue weighted by atomic mass is 19.1. The summed E-state index contributed by atoms with van der Waals surface area (Å²) in [4.78, 5) is 13.6. The summed E-state index contributed by atoms with van der Waals surface area (Å²) in [7, 11) is 1.46.